The molecule has 0 atom stereocenters. The average molecular weight is 254 g/mol. The van der Waals surface area contributed by atoms with Crippen LogP contribution in [0.2, 0.25) is 0 Å². The molecule has 0 rings (SSSR count). The molecule has 0 aromatic heterocycles. The molecule has 0 radical (unpaired) electrons. The molecule has 0 aliphatic carbocycles. The molecular formula is C12H28AlLiO3. The van der Waals surface area contributed by atoms with Gasteiger partial charge in [-0.25, -0.2) is 0 Å². The molecule has 3 nitrogen and oxygen atoms in total. The molecule has 0 N–H and O–H groups in total. The second-order valence-corrected chi connectivity index (χ2v) is 7.05. The van der Waals surface area contributed by atoms with Crippen molar-refractivity contribution >= 4 is 15.1 Å². The Balaban J connectivity index is -0.00000112. The summed E-state index contributed by atoms with van der Waals surface area (Å²) in [6.45, 7) is 15.0. The molecular weight excluding hydrogens is 226 g/mol. The van der Waals surface area contributed by atoms with Crippen molar-refractivity contribution in [1.82, 2.24) is 0 Å². The Morgan fingerprint density at radius 1 is 0.706 bits per heavy atom. The average Bonchev–Trinajstić information content (AvgIpc) is 2.15. The van der Waals surface area contributed by atoms with E-state index in [9.17, 15) is 0 Å². The molecule has 0 fully saturated rings. The van der Waals surface area contributed by atoms with Gasteiger partial charge in [0.15, 0.2) is 0 Å². The summed E-state index contributed by atoms with van der Waals surface area (Å²) in [5, 5.41) is 0. The van der Waals surface area contributed by atoms with Gasteiger partial charge in [-0.15, -0.1) is 0 Å². The second-order valence-electron chi connectivity index (χ2n) is 5.47. The van der Waals surface area contributed by atoms with Gasteiger partial charge in [-0.1, -0.05) is 41.5 Å². The zero-order chi connectivity index (χ0) is 12.6. The van der Waals surface area contributed by atoms with Gasteiger partial charge in [-0.3, -0.25) is 0 Å². The van der Waals surface area contributed by atoms with Crippen LogP contribution in [0.5, 0.6) is 0 Å². The van der Waals surface area contributed by atoms with E-state index in [1.165, 1.54) is 0 Å². The van der Waals surface area contributed by atoms with Crippen LogP contribution in [-0.4, -0.2) is 35.0 Å². The summed E-state index contributed by atoms with van der Waals surface area (Å²) in [7, 11) is 0. The van der Waals surface area contributed by atoms with E-state index in [-0.39, 0.29) is 20.3 Å². The van der Waals surface area contributed by atoms with Gasteiger partial charge in [-0.05, 0) is 17.8 Å². The van der Waals surface area contributed by atoms with Crippen molar-refractivity contribution in [2.75, 3.05) is 19.8 Å². The van der Waals surface area contributed by atoms with Gasteiger partial charge in [0.2, 0.25) is 0 Å². The van der Waals surface area contributed by atoms with Gasteiger partial charge in [0.05, 0.1) is 0 Å². The summed E-state index contributed by atoms with van der Waals surface area (Å²) >= 11 is -1.90. The Hall–Kier alpha value is 1.01. The number of rotatable bonds is 9. The van der Waals surface area contributed by atoms with E-state index in [1.54, 1.807) is 0 Å². The van der Waals surface area contributed by atoms with E-state index in [4.69, 9.17) is 11.4 Å². The maximum atomic E-state index is 5.70. The molecule has 0 spiro atoms. The molecule has 0 amide bonds. The maximum Gasteiger partial charge on any atom is 1.00 e. The molecule has 0 aromatic rings. The first-order valence-corrected chi connectivity index (χ1v) is 7.68. The standard InChI is InChI=1S/3C4H9O.Al.Li.H/c3*1-4(2)3-5;;;/h3*4H,3H2,1-2H3;;;/q3*-1;+3;+1;-1. The number of hydrogen-bond donors (Lipinski definition) is 0. The van der Waals surface area contributed by atoms with Crippen LogP contribution in [0.3, 0.4) is 0 Å². The second kappa shape index (κ2) is 12.1. The third-order valence-electron chi connectivity index (χ3n) is 1.70. The van der Waals surface area contributed by atoms with Crippen molar-refractivity contribution in [2.24, 2.45) is 17.8 Å². The van der Waals surface area contributed by atoms with E-state index in [0.717, 1.165) is 19.8 Å². The largest absolute Gasteiger partial charge is 1.00 e. The molecule has 0 aliphatic heterocycles. The third kappa shape index (κ3) is 15.0. The topological polar surface area (TPSA) is 27.7 Å². The molecule has 17 heavy (non-hydrogen) atoms. The van der Waals surface area contributed by atoms with E-state index in [2.05, 4.69) is 41.5 Å². The summed E-state index contributed by atoms with van der Waals surface area (Å²) in [5.41, 5.74) is 0. The molecule has 0 aromatic carbocycles. The first kappa shape index (κ1) is 20.3. The normalized spacial score (nSPS) is 11.1. The first-order valence-electron chi connectivity index (χ1n) is 6.26. The quantitative estimate of drug-likeness (QED) is 0.546. The maximum absolute atomic E-state index is 5.70. The van der Waals surface area contributed by atoms with Crippen molar-refractivity contribution in [3.05, 3.63) is 0 Å². The van der Waals surface area contributed by atoms with Gasteiger partial charge in [-0.2, -0.15) is 0 Å². The van der Waals surface area contributed by atoms with E-state index in [0.29, 0.717) is 17.8 Å². The minimum atomic E-state index is -1.90. The summed E-state index contributed by atoms with van der Waals surface area (Å²) in [5.74, 6) is 1.58. The summed E-state index contributed by atoms with van der Waals surface area (Å²) in [6.07, 6.45) is 0. The van der Waals surface area contributed by atoms with Gasteiger partial charge < -0.3 is 12.8 Å². The van der Waals surface area contributed by atoms with E-state index >= 15 is 0 Å². The van der Waals surface area contributed by atoms with Crippen LogP contribution in [-0.2, 0) is 11.4 Å². The Kier molecular flexibility index (Phi) is 14.4. The van der Waals surface area contributed by atoms with Crippen molar-refractivity contribution in [1.29, 1.82) is 0 Å². The van der Waals surface area contributed by atoms with Gasteiger partial charge in [0.1, 0.15) is 0 Å². The fraction of sp³-hybridized carbons (Fsp3) is 1.00. The van der Waals surface area contributed by atoms with Crippen LogP contribution in [0.15, 0.2) is 0 Å². The predicted octanol–water partition coefficient (Wildman–Crippen LogP) is 0.106. The summed E-state index contributed by atoms with van der Waals surface area (Å²) in [4.78, 5) is 0. The molecule has 0 bridgehead atoms. The van der Waals surface area contributed by atoms with Crippen molar-refractivity contribution in [3.63, 3.8) is 0 Å². The van der Waals surface area contributed by atoms with Crippen LogP contribution in [0, 0.1) is 17.8 Å². The molecule has 0 saturated carbocycles. The summed E-state index contributed by atoms with van der Waals surface area (Å²) < 4.78 is 17.1. The predicted molar refractivity (Wildman–Crippen MR) is 69.2 cm³/mol. The zero-order valence-corrected chi connectivity index (χ0v) is 13.8. The Bertz CT molecular complexity index is 143. The smallest absolute Gasteiger partial charge is 1.00 e. The molecule has 0 heterocycles. The van der Waals surface area contributed by atoms with E-state index < -0.39 is 15.1 Å². The van der Waals surface area contributed by atoms with Gasteiger partial charge >= 0.3 is 34.0 Å². The Labute approximate surface area is 126 Å². The molecule has 0 saturated heterocycles. The number of hydrogen-bond acceptors (Lipinski definition) is 3. The Morgan fingerprint density at radius 2 is 0.941 bits per heavy atom. The monoisotopic (exact) mass is 254 g/mol. The van der Waals surface area contributed by atoms with Crippen molar-refractivity contribution in [2.45, 2.75) is 41.5 Å². The molecule has 0 unspecified atom stereocenters. The minimum Gasteiger partial charge on any atom is -1.00 e. The fourth-order valence-corrected chi connectivity index (χ4v) is 2.87. The van der Waals surface area contributed by atoms with Crippen molar-refractivity contribution < 1.29 is 31.7 Å². The molecule has 0 aliphatic rings. The minimum absolute atomic E-state index is 0. The van der Waals surface area contributed by atoms with Gasteiger partial charge in [0, 0.05) is 19.8 Å². The van der Waals surface area contributed by atoms with E-state index in [1.807, 2.05) is 0 Å². The van der Waals surface area contributed by atoms with Crippen LogP contribution in [0.4, 0.5) is 0 Å². The SMILES string of the molecule is CC(C)C[O][Al]([O]CC(C)C)[O]CC(C)C.[H-].[Li+]. The van der Waals surface area contributed by atoms with Crippen molar-refractivity contribution in [3.8, 4) is 0 Å². The van der Waals surface area contributed by atoms with Crippen LogP contribution < -0.4 is 18.9 Å². The molecule has 98 valence electrons. The first-order chi connectivity index (χ1) is 7.41. The van der Waals surface area contributed by atoms with Crippen LogP contribution >= 0.6 is 0 Å². The van der Waals surface area contributed by atoms with Crippen LogP contribution in [0.25, 0.3) is 0 Å². The fourth-order valence-electron chi connectivity index (χ4n) is 0.957. The summed E-state index contributed by atoms with van der Waals surface area (Å²) in [6, 6.07) is 0. The van der Waals surface area contributed by atoms with Gasteiger partial charge in [0.25, 0.3) is 0 Å². The molecule has 5 heteroatoms. The van der Waals surface area contributed by atoms with Crippen LogP contribution in [0.1, 0.15) is 43.0 Å². The Morgan fingerprint density at radius 3 is 1.12 bits per heavy atom. The third-order valence-corrected chi connectivity index (χ3v) is 3.09. The zero-order valence-electron chi connectivity index (χ0n) is 13.7.